The Kier molecular flexibility index (Phi) is 6.32. The zero-order valence-electron chi connectivity index (χ0n) is 17.4. The van der Waals surface area contributed by atoms with Gasteiger partial charge in [0, 0.05) is 5.69 Å². The SMILES string of the molecule is CC[C@H](NC(=O)c1ccc(-c2ccc(Nc3nc4ccc(F)cc4s3)cc2)cc1F)C(=O)O. The quantitative estimate of drug-likeness (QED) is 0.330. The molecule has 0 aliphatic heterocycles. The Labute approximate surface area is 191 Å². The van der Waals surface area contributed by atoms with Crippen molar-refractivity contribution in [2.75, 3.05) is 5.32 Å². The van der Waals surface area contributed by atoms with E-state index in [1.54, 1.807) is 43.3 Å². The molecule has 3 N–H and O–H groups in total. The van der Waals surface area contributed by atoms with Crippen molar-refractivity contribution in [2.24, 2.45) is 0 Å². The van der Waals surface area contributed by atoms with Crippen molar-refractivity contribution in [3.8, 4) is 11.1 Å². The maximum absolute atomic E-state index is 14.6. The molecule has 0 fully saturated rings. The molecule has 0 saturated heterocycles. The summed E-state index contributed by atoms with van der Waals surface area (Å²) >= 11 is 1.33. The summed E-state index contributed by atoms with van der Waals surface area (Å²) in [4.78, 5) is 27.8. The molecule has 0 radical (unpaired) electrons. The van der Waals surface area contributed by atoms with Crippen LogP contribution in [0.1, 0.15) is 23.7 Å². The second-order valence-corrected chi connectivity index (χ2v) is 8.33. The minimum absolute atomic E-state index is 0.190. The standard InChI is InChI=1S/C24H19F2N3O3S/c1-2-19(23(31)32)28-22(30)17-9-5-14(11-18(17)26)13-3-7-16(8-4-13)27-24-29-20-10-6-15(25)12-21(20)33-24/h3-12,19H,2H2,1H3,(H,27,29)(H,28,30)(H,31,32)/t19-/m0/s1. The fourth-order valence-corrected chi connectivity index (χ4v) is 4.19. The van der Waals surface area contributed by atoms with Gasteiger partial charge in [-0.3, -0.25) is 4.79 Å². The summed E-state index contributed by atoms with van der Waals surface area (Å²) in [6, 6.07) is 14.7. The summed E-state index contributed by atoms with van der Waals surface area (Å²) in [5, 5.41) is 15.2. The van der Waals surface area contributed by atoms with Gasteiger partial charge in [0.2, 0.25) is 0 Å². The third-order valence-corrected chi connectivity index (χ3v) is 5.98. The average Bonchev–Trinajstić information content (AvgIpc) is 3.18. The smallest absolute Gasteiger partial charge is 0.326 e. The Balaban J connectivity index is 1.48. The third-order valence-electron chi connectivity index (χ3n) is 5.05. The molecule has 1 atom stereocenters. The number of anilines is 2. The van der Waals surface area contributed by atoms with Crippen molar-refractivity contribution in [1.29, 1.82) is 0 Å². The van der Waals surface area contributed by atoms with Crippen LogP contribution in [0, 0.1) is 11.6 Å². The number of carbonyl (C=O) groups excluding carboxylic acids is 1. The predicted octanol–water partition coefficient (Wildman–Crippen LogP) is 5.58. The lowest BCUT2D eigenvalue weighted by molar-refractivity contribution is -0.139. The molecule has 0 spiro atoms. The molecule has 1 aromatic heterocycles. The van der Waals surface area contributed by atoms with Crippen LogP contribution in [-0.4, -0.2) is 28.0 Å². The second kappa shape index (κ2) is 9.33. The number of amides is 1. The minimum atomic E-state index is -1.17. The number of aliphatic carboxylic acids is 1. The van der Waals surface area contributed by atoms with E-state index in [9.17, 15) is 18.4 Å². The van der Waals surface area contributed by atoms with Crippen molar-refractivity contribution >= 4 is 44.2 Å². The number of carboxylic acid groups (broad SMARTS) is 1. The summed E-state index contributed by atoms with van der Waals surface area (Å²) in [5.74, 6) is -3.00. The first kappa shape index (κ1) is 22.3. The Morgan fingerprint density at radius 2 is 1.76 bits per heavy atom. The summed E-state index contributed by atoms with van der Waals surface area (Å²) in [7, 11) is 0. The molecule has 0 bridgehead atoms. The van der Waals surface area contributed by atoms with E-state index in [-0.39, 0.29) is 17.8 Å². The molecule has 33 heavy (non-hydrogen) atoms. The van der Waals surface area contributed by atoms with Crippen molar-refractivity contribution < 1.29 is 23.5 Å². The van der Waals surface area contributed by atoms with Gasteiger partial charge in [-0.15, -0.1) is 0 Å². The van der Waals surface area contributed by atoms with Gasteiger partial charge in [0.15, 0.2) is 5.13 Å². The molecule has 0 saturated carbocycles. The van der Waals surface area contributed by atoms with E-state index in [0.29, 0.717) is 16.2 Å². The highest BCUT2D eigenvalue weighted by Crippen LogP contribution is 2.30. The topological polar surface area (TPSA) is 91.3 Å². The Morgan fingerprint density at radius 3 is 2.42 bits per heavy atom. The number of aromatic nitrogens is 1. The van der Waals surface area contributed by atoms with Crippen molar-refractivity contribution in [2.45, 2.75) is 19.4 Å². The van der Waals surface area contributed by atoms with Crippen LogP contribution in [0.4, 0.5) is 19.6 Å². The van der Waals surface area contributed by atoms with Gasteiger partial charge in [-0.1, -0.05) is 36.5 Å². The van der Waals surface area contributed by atoms with Crippen molar-refractivity contribution in [3.05, 3.63) is 77.9 Å². The maximum Gasteiger partial charge on any atom is 0.326 e. The molecule has 168 valence electrons. The lowest BCUT2D eigenvalue weighted by Crippen LogP contribution is -2.40. The molecular weight excluding hydrogens is 448 g/mol. The van der Waals surface area contributed by atoms with Gasteiger partial charge >= 0.3 is 5.97 Å². The van der Waals surface area contributed by atoms with Crippen LogP contribution in [0.25, 0.3) is 21.3 Å². The monoisotopic (exact) mass is 467 g/mol. The zero-order valence-corrected chi connectivity index (χ0v) is 18.2. The summed E-state index contributed by atoms with van der Waals surface area (Å²) < 4.78 is 28.7. The van der Waals surface area contributed by atoms with Crippen molar-refractivity contribution in [3.63, 3.8) is 0 Å². The van der Waals surface area contributed by atoms with E-state index in [1.807, 2.05) is 0 Å². The number of rotatable bonds is 7. The lowest BCUT2D eigenvalue weighted by atomic mass is 10.0. The largest absolute Gasteiger partial charge is 0.480 e. The van der Waals surface area contributed by atoms with Crippen LogP contribution < -0.4 is 10.6 Å². The number of carboxylic acids is 1. The number of hydrogen-bond acceptors (Lipinski definition) is 5. The van der Waals surface area contributed by atoms with Gasteiger partial charge in [0.25, 0.3) is 5.91 Å². The highest BCUT2D eigenvalue weighted by Gasteiger charge is 2.20. The van der Waals surface area contributed by atoms with Gasteiger partial charge in [0.05, 0.1) is 15.8 Å². The first-order chi connectivity index (χ1) is 15.8. The van der Waals surface area contributed by atoms with Crippen LogP contribution >= 0.6 is 11.3 Å². The zero-order chi connectivity index (χ0) is 23.5. The van der Waals surface area contributed by atoms with Crippen LogP contribution in [0.2, 0.25) is 0 Å². The van der Waals surface area contributed by atoms with Crippen LogP contribution in [0.3, 0.4) is 0 Å². The second-order valence-electron chi connectivity index (χ2n) is 7.30. The van der Waals surface area contributed by atoms with Crippen LogP contribution in [0.5, 0.6) is 0 Å². The van der Waals surface area contributed by atoms with E-state index in [1.165, 1.54) is 35.6 Å². The predicted molar refractivity (Wildman–Crippen MR) is 124 cm³/mol. The molecule has 9 heteroatoms. The molecule has 1 amide bonds. The summed E-state index contributed by atoms with van der Waals surface area (Å²) in [6.07, 6.45) is 0.190. The molecular formula is C24H19F2N3O3S. The molecule has 0 unspecified atom stereocenters. The molecule has 0 aliphatic rings. The van der Waals surface area contributed by atoms with Gasteiger partial charge in [-0.25, -0.2) is 18.6 Å². The van der Waals surface area contributed by atoms with Crippen LogP contribution in [0.15, 0.2) is 60.7 Å². The van der Waals surface area contributed by atoms with E-state index in [0.717, 1.165) is 16.0 Å². The summed E-state index contributed by atoms with van der Waals surface area (Å²) in [6.45, 7) is 1.62. The number of nitrogens with one attached hydrogen (secondary N) is 2. The Bertz CT molecular complexity index is 1340. The average molecular weight is 467 g/mol. The molecule has 4 aromatic rings. The van der Waals surface area contributed by atoms with E-state index in [4.69, 9.17) is 5.11 Å². The van der Waals surface area contributed by atoms with Gasteiger partial charge in [0.1, 0.15) is 17.7 Å². The first-order valence-electron chi connectivity index (χ1n) is 10.1. The number of nitrogens with zero attached hydrogens (tertiary/aromatic N) is 1. The number of fused-ring (bicyclic) bond motifs is 1. The number of benzene rings is 3. The molecule has 4 rings (SSSR count). The number of thiazole rings is 1. The van der Waals surface area contributed by atoms with Crippen LogP contribution in [-0.2, 0) is 4.79 Å². The Morgan fingerprint density at radius 1 is 1.03 bits per heavy atom. The third kappa shape index (κ3) is 4.98. The maximum atomic E-state index is 14.6. The minimum Gasteiger partial charge on any atom is -0.480 e. The fraction of sp³-hybridized carbons (Fsp3) is 0.125. The number of hydrogen-bond donors (Lipinski definition) is 3. The highest BCUT2D eigenvalue weighted by molar-refractivity contribution is 7.22. The van der Waals surface area contributed by atoms with Gasteiger partial charge in [-0.05, 0) is 60.0 Å². The number of halogens is 2. The molecule has 1 heterocycles. The van der Waals surface area contributed by atoms with Gasteiger partial charge < -0.3 is 15.7 Å². The van der Waals surface area contributed by atoms with Crippen molar-refractivity contribution in [1.82, 2.24) is 10.3 Å². The lowest BCUT2D eigenvalue weighted by Gasteiger charge is -2.13. The Hall–Kier alpha value is -3.85. The fourth-order valence-electron chi connectivity index (χ4n) is 3.27. The summed E-state index contributed by atoms with van der Waals surface area (Å²) in [5.41, 5.74) is 2.54. The first-order valence-corrected chi connectivity index (χ1v) is 10.9. The van der Waals surface area contributed by atoms with E-state index >= 15 is 0 Å². The normalized spacial score (nSPS) is 11.8. The van der Waals surface area contributed by atoms with Gasteiger partial charge in [-0.2, -0.15) is 0 Å². The molecule has 0 aliphatic carbocycles. The van der Waals surface area contributed by atoms with E-state index < -0.39 is 23.7 Å². The number of carbonyl (C=O) groups is 2. The highest BCUT2D eigenvalue weighted by atomic mass is 32.1. The molecule has 3 aromatic carbocycles. The van der Waals surface area contributed by atoms with E-state index in [2.05, 4.69) is 15.6 Å². The molecule has 6 nitrogen and oxygen atoms in total.